The molecule has 1 unspecified atom stereocenters. The van der Waals surface area contributed by atoms with Crippen molar-refractivity contribution >= 4 is 5.91 Å². The van der Waals surface area contributed by atoms with Gasteiger partial charge in [-0.3, -0.25) is 14.7 Å². The third-order valence-corrected chi connectivity index (χ3v) is 6.58. The van der Waals surface area contributed by atoms with E-state index in [4.69, 9.17) is 0 Å². The van der Waals surface area contributed by atoms with Crippen LogP contribution >= 0.6 is 0 Å². The van der Waals surface area contributed by atoms with Gasteiger partial charge in [0.15, 0.2) is 0 Å². The summed E-state index contributed by atoms with van der Waals surface area (Å²) in [4.78, 5) is 18.2. The zero-order valence-electron chi connectivity index (χ0n) is 17.6. The monoisotopic (exact) mass is 448 g/mol. The van der Waals surface area contributed by atoms with Gasteiger partial charge in [0.2, 0.25) is 0 Å². The third-order valence-electron chi connectivity index (χ3n) is 6.58. The smallest absolute Gasteiger partial charge is 0.315 e. The summed E-state index contributed by atoms with van der Waals surface area (Å²) in [5.74, 6) is -1.61. The molecule has 2 aliphatic heterocycles. The van der Waals surface area contributed by atoms with Crippen molar-refractivity contribution in [2.75, 3.05) is 26.3 Å². The number of amides is 1. The van der Waals surface area contributed by atoms with Crippen molar-refractivity contribution in [1.29, 1.82) is 0 Å². The van der Waals surface area contributed by atoms with Gasteiger partial charge in [0, 0.05) is 36.9 Å². The number of hydrogen-bond acceptors (Lipinski definition) is 5. The van der Waals surface area contributed by atoms with Gasteiger partial charge in [-0.25, -0.2) is 4.39 Å². The second-order valence-electron chi connectivity index (χ2n) is 8.50. The van der Waals surface area contributed by atoms with Crippen LogP contribution < -0.4 is 10.6 Å². The second-order valence-corrected chi connectivity index (χ2v) is 8.50. The molecule has 0 saturated carbocycles. The summed E-state index contributed by atoms with van der Waals surface area (Å²) in [6.07, 6.45) is -0.501. The van der Waals surface area contributed by atoms with Crippen molar-refractivity contribution in [3.63, 3.8) is 0 Å². The van der Waals surface area contributed by atoms with Crippen LogP contribution in [-0.2, 0) is 11.3 Å². The molecule has 2 aromatic rings. The average molecular weight is 448 g/mol. The van der Waals surface area contributed by atoms with Gasteiger partial charge in [0.25, 0.3) is 5.91 Å². The quantitative estimate of drug-likeness (QED) is 0.578. The number of aliphatic hydroxyl groups is 1. The first kappa shape index (κ1) is 22.7. The van der Waals surface area contributed by atoms with Crippen LogP contribution in [0.2, 0.25) is 0 Å². The van der Waals surface area contributed by atoms with Gasteiger partial charge < -0.3 is 15.7 Å². The summed E-state index contributed by atoms with van der Waals surface area (Å²) >= 11 is 0. The largest absolute Gasteiger partial charge is 0.386 e. The van der Waals surface area contributed by atoms with E-state index in [2.05, 4.69) is 15.2 Å². The van der Waals surface area contributed by atoms with Gasteiger partial charge in [-0.1, -0.05) is 30.3 Å². The van der Waals surface area contributed by atoms with Crippen LogP contribution in [0.25, 0.3) is 11.1 Å². The third kappa shape index (κ3) is 4.65. The lowest BCUT2D eigenvalue weighted by Gasteiger charge is -2.50. The Balaban J connectivity index is 1.38. The standard InChI is InChI=1S/C23H27F3N4O2/c24-11-19(29-22(32)21(25)26)20(31)16-3-1-15(2-4-16)17-5-6-18(28-12-17)13-30-10-8-23(30)7-9-27-14-23/h1-6,12,19-21,27,31H,7-11,13-14H2,(H,29,32)/t19-,20-,23?/m1/s1. The first-order valence-electron chi connectivity index (χ1n) is 10.8. The Bertz CT molecular complexity index is 918. The fourth-order valence-electron chi connectivity index (χ4n) is 4.48. The van der Waals surface area contributed by atoms with Crippen LogP contribution in [0.4, 0.5) is 13.2 Å². The number of aromatic nitrogens is 1. The molecule has 3 N–H and O–H groups in total. The minimum Gasteiger partial charge on any atom is -0.386 e. The summed E-state index contributed by atoms with van der Waals surface area (Å²) < 4.78 is 38.0. The lowest BCUT2D eigenvalue weighted by Crippen LogP contribution is -2.60. The molecule has 32 heavy (non-hydrogen) atoms. The van der Waals surface area contributed by atoms with Crippen molar-refractivity contribution in [3.05, 3.63) is 53.9 Å². The number of alkyl halides is 3. The number of rotatable bonds is 8. The van der Waals surface area contributed by atoms with E-state index in [1.54, 1.807) is 30.5 Å². The lowest BCUT2D eigenvalue weighted by molar-refractivity contribution is -0.133. The van der Waals surface area contributed by atoms with Crippen molar-refractivity contribution in [2.45, 2.75) is 43.5 Å². The minimum absolute atomic E-state index is 0.295. The van der Waals surface area contributed by atoms with Gasteiger partial charge in [-0.05, 0) is 36.6 Å². The summed E-state index contributed by atoms with van der Waals surface area (Å²) in [7, 11) is 0. The summed E-state index contributed by atoms with van der Waals surface area (Å²) in [5.41, 5.74) is 3.37. The molecule has 1 aromatic carbocycles. The molecule has 2 saturated heterocycles. The molecule has 4 rings (SSSR count). The lowest BCUT2D eigenvalue weighted by atomic mass is 9.83. The molecule has 0 aliphatic carbocycles. The second kappa shape index (κ2) is 9.56. The number of nitrogens with one attached hydrogen (secondary N) is 2. The molecule has 1 aromatic heterocycles. The van der Waals surface area contributed by atoms with Crippen LogP contribution in [0.15, 0.2) is 42.6 Å². The van der Waals surface area contributed by atoms with E-state index >= 15 is 0 Å². The van der Waals surface area contributed by atoms with E-state index in [1.807, 2.05) is 17.4 Å². The van der Waals surface area contributed by atoms with Crippen LogP contribution in [0.5, 0.6) is 0 Å². The number of halogens is 3. The predicted octanol–water partition coefficient (Wildman–Crippen LogP) is 2.44. The molecular formula is C23H27F3N4O2. The van der Waals surface area contributed by atoms with Crippen molar-refractivity contribution in [1.82, 2.24) is 20.5 Å². The maximum Gasteiger partial charge on any atom is 0.315 e. The van der Waals surface area contributed by atoms with Crippen molar-refractivity contribution in [2.24, 2.45) is 0 Å². The van der Waals surface area contributed by atoms with Gasteiger partial charge in [0.05, 0.1) is 11.7 Å². The molecule has 172 valence electrons. The number of aliphatic hydroxyl groups excluding tert-OH is 1. The van der Waals surface area contributed by atoms with Crippen LogP contribution in [0.3, 0.4) is 0 Å². The summed E-state index contributed by atoms with van der Waals surface area (Å²) in [6.45, 7) is 2.85. The summed E-state index contributed by atoms with van der Waals surface area (Å²) in [5, 5.41) is 15.6. The van der Waals surface area contributed by atoms with Gasteiger partial charge in [-0.2, -0.15) is 8.78 Å². The van der Waals surface area contributed by atoms with E-state index in [9.17, 15) is 23.1 Å². The molecule has 2 fully saturated rings. The van der Waals surface area contributed by atoms with E-state index in [1.165, 1.54) is 12.8 Å². The Hall–Kier alpha value is -2.49. The number of benzene rings is 1. The number of nitrogens with zero attached hydrogens (tertiary/aromatic N) is 2. The zero-order valence-corrected chi connectivity index (χ0v) is 17.6. The minimum atomic E-state index is -3.27. The van der Waals surface area contributed by atoms with E-state index in [0.717, 1.165) is 43.0 Å². The maximum absolute atomic E-state index is 13.2. The molecule has 3 heterocycles. The molecule has 1 spiro atoms. The molecule has 6 nitrogen and oxygen atoms in total. The molecule has 0 radical (unpaired) electrons. The van der Waals surface area contributed by atoms with Crippen molar-refractivity contribution < 1.29 is 23.1 Å². The van der Waals surface area contributed by atoms with Gasteiger partial charge >= 0.3 is 6.43 Å². The maximum atomic E-state index is 13.2. The Morgan fingerprint density at radius 2 is 1.94 bits per heavy atom. The van der Waals surface area contributed by atoms with Gasteiger partial charge in [-0.15, -0.1) is 0 Å². The number of carbonyl (C=O) groups is 1. The number of likely N-dealkylation sites (tertiary alicyclic amines) is 1. The average Bonchev–Trinajstić information content (AvgIpc) is 3.33. The van der Waals surface area contributed by atoms with Crippen LogP contribution in [0, 0.1) is 0 Å². The molecule has 3 atom stereocenters. The Morgan fingerprint density at radius 1 is 1.19 bits per heavy atom. The normalized spacial score (nSPS) is 22.7. The zero-order chi connectivity index (χ0) is 22.7. The Kier molecular flexibility index (Phi) is 6.78. The highest BCUT2D eigenvalue weighted by molar-refractivity contribution is 5.79. The fraction of sp³-hybridized carbons (Fsp3) is 0.478. The van der Waals surface area contributed by atoms with Crippen molar-refractivity contribution in [3.8, 4) is 11.1 Å². The predicted molar refractivity (Wildman–Crippen MR) is 114 cm³/mol. The molecule has 0 bridgehead atoms. The topological polar surface area (TPSA) is 77.5 Å². The van der Waals surface area contributed by atoms with Gasteiger partial charge in [0.1, 0.15) is 12.8 Å². The number of pyridine rings is 1. The molecule has 2 aliphatic rings. The van der Waals surface area contributed by atoms with E-state index in [-0.39, 0.29) is 0 Å². The van der Waals surface area contributed by atoms with Crippen LogP contribution in [0.1, 0.15) is 30.2 Å². The molecular weight excluding hydrogens is 421 g/mol. The SMILES string of the molecule is O=C(N[C@H](CF)[C@H](O)c1ccc(-c2ccc(CN3CCC34CCNC4)nc2)cc1)C(F)F. The molecule has 9 heteroatoms. The fourth-order valence-corrected chi connectivity index (χ4v) is 4.48. The van der Waals surface area contributed by atoms with E-state index < -0.39 is 31.2 Å². The molecule has 1 amide bonds. The summed E-state index contributed by atoms with van der Waals surface area (Å²) in [6, 6.07) is 9.21. The Morgan fingerprint density at radius 3 is 2.47 bits per heavy atom. The van der Waals surface area contributed by atoms with Crippen LogP contribution in [-0.4, -0.2) is 65.2 Å². The highest BCUT2D eigenvalue weighted by atomic mass is 19.3. The Labute approximate surface area is 184 Å². The first-order chi connectivity index (χ1) is 15.4. The number of carbonyl (C=O) groups excluding carboxylic acids is 1. The first-order valence-corrected chi connectivity index (χ1v) is 10.8. The highest BCUT2D eigenvalue weighted by Gasteiger charge is 2.46. The highest BCUT2D eigenvalue weighted by Crippen LogP contribution is 2.37. The van der Waals surface area contributed by atoms with E-state index in [0.29, 0.717) is 11.1 Å². The number of hydrogen-bond donors (Lipinski definition) is 3.